The van der Waals surface area contributed by atoms with Crippen molar-refractivity contribution >= 4 is 33.4 Å². The highest BCUT2D eigenvalue weighted by Crippen LogP contribution is 2.64. The summed E-state index contributed by atoms with van der Waals surface area (Å²) in [5.41, 5.74) is 1.72. The first kappa shape index (κ1) is 35.7. The lowest BCUT2D eigenvalue weighted by Crippen LogP contribution is -2.52. The van der Waals surface area contributed by atoms with E-state index >= 15 is 17.6 Å². The maximum atomic E-state index is 15.5. The lowest BCUT2D eigenvalue weighted by Gasteiger charge is -2.56. The molecule has 0 aromatic heterocycles. The molecule has 0 spiro atoms. The first-order valence-electron chi connectivity index (χ1n) is 20.5. The van der Waals surface area contributed by atoms with Gasteiger partial charge in [0, 0.05) is 35.5 Å². The van der Waals surface area contributed by atoms with Crippen LogP contribution in [0.2, 0.25) is 0 Å². The fourth-order valence-corrected chi connectivity index (χ4v) is 15.7. The van der Waals surface area contributed by atoms with Crippen LogP contribution in [0.15, 0.2) is 17.0 Å². The quantitative estimate of drug-likeness (QED) is 0.103. The average molecular weight is 795 g/mol. The molecule has 15 atom stereocenters. The summed E-state index contributed by atoms with van der Waals surface area (Å²) in [6, 6.07) is 3.82. The van der Waals surface area contributed by atoms with E-state index in [1.165, 1.54) is 0 Å². The number of carbonyl (C=O) groups is 4. The Morgan fingerprint density at radius 2 is 0.964 bits per heavy atom. The number of benzene rings is 2. The van der Waals surface area contributed by atoms with E-state index < -0.39 is 73.7 Å². The van der Waals surface area contributed by atoms with E-state index in [2.05, 4.69) is 0 Å². The monoisotopic (exact) mass is 794 g/mol. The normalized spacial score (nSPS) is 41.3. The Hall–Kier alpha value is -3.45. The maximum absolute atomic E-state index is 15.5. The van der Waals surface area contributed by atoms with E-state index in [0.29, 0.717) is 54.6 Å². The molecule has 12 fully saturated rings. The Morgan fingerprint density at radius 1 is 0.571 bits per heavy atom. The molecule has 0 heterocycles. The zero-order chi connectivity index (χ0) is 38.8. The number of rotatable bonds is 6. The molecule has 0 saturated heterocycles. The Kier molecular flexibility index (Phi) is 7.68. The minimum Gasteiger partial charge on any atom is -0.416 e. The molecule has 14 rings (SSSR count). The highest BCUT2D eigenvalue weighted by molar-refractivity contribution is 7.85. The van der Waals surface area contributed by atoms with Gasteiger partial charge in [-0.15, -0.1) is 0 Å². The van der Waals surface area contributed by atoms with Crippen LogP contribution in [-0.2, 0) is 24.5 Å². The van der Waals surface area contributed by atoms with E-state index in [0.717, 1.165) is 56.9 Å². The lowest BCUT2D eigenvalue weighted by atomic mass is 9.47. The molecule has 12 bridgehead atoms. The second kappa shape index (κ2) is 12.1. The second-order valence-electron chi connectivity index (χ2n) is 19.3. The SMILES string of the molecule is O=C(Oc1c(F)c(F)c(S(=O)(=O)O)c(F)c1F)c1c(C2C3CC4CC(C3)C(=O)C2C4)cc(C2C3CC4CC(C3)C(=O)C2C4)cc1C1C2CC3CC(C2)C(=O)C1C3. The number of ketones is 3. The average Bonchev–Trinajstić information content (AvgIpc) is 3.14. The van der Waals surface area contributed by atoms with Crippen molar-refractivity contribution in [3.63, 3.8) is 0 Å². The molecular weight excluding hydrogens is 753 g/mol. The van der Waals surface area contributed by atoms with Crippen molar-refractivity contribution in [2.75, 3.05) is 0 Å². The highest BCUT2D eigenvalue weighted by atomic mass is 32.2. The van der Waals surface area contributed by atoms with Crippen molar-refractivity contribution in [2.24, 2.45) is 71.0 Å². The molecule has 15 unspecified atom stereocenters. The largest absolute Gasteiger partial charge is 0.416 e. The predicted octanol–water partition coefficient (Wildman–Crippen LogP) is 7.87. The molecule has 56 heavy (non-hydrogen) atoms. The van der Waals surface area contributed by atoms with Gasteiger partial charge in [-0.25, -0.2) is 13.6 Å². The second-order valence-corrected chi connectivity index (χ2v) is 20.6. The van der Waals surface area contributed by atoms with Gasteiger partial charge in [0.1, 0.15) is 17.3 Å². The number of hydrogen-bond donors (Lipinski definition) is 1. The van der Waals surface area contributed by atoms with Gasteiger partial charge in [-0.05, 0) is 147 Å². The van der Waals surface area contributed by atoms with Gasteiger partial charge in [0.05, 0.1) is 5.56 Å². The third kappa shape index (κ3) is 4.94. The molecule has 13 heteroatoms. The number of hydrogen-bond acceptors (Lipinski definition) is 7. The maximum Gasteiger partial charge on any atom is 0.344 e. The summed E-state index contributed by atoms with van der Waals surface area (Å²) < 4.78 is 99.4. The molecule has 0 aliphatic heterocycles. The van der Waals surface area contributed by atoms with Crippen molar-refractivity contribution in [1.29, 1.82) is 0 Å². The standard InChI is InChI=1S/C43H42F4O8S/c44-34-36(46)42(56(52,53)54)37(47)35(45)41(34)55-43(51)33-25(31-19-2-16-5-23(11-19)39(49)28(31)8-16)13-21(30-18-1-15-4-22(10-18)38(48)27(30)7-15)14-26(33)32-20-3-17-6-24(12-20)40(50)29(32)9-17/h13-20,22-24,27-32H,1-12H2,(H,52,53,54). The smallest absolute Gasteiger partial charge is 0.344 e. The van der Waals surface area contributed by atoms with Gasteiger partial charge < -0.3 is 4.74 Å². The number of Topliss-reactive ketones (excluding diaryl/α,β-unsaturated/α-hetero) is 3. The molecule has 12 saturated carbocycles. The molecule has 12 aliphatic carbocycles. The summed E-state index contributed by atoms with van der Waals surface area (Å²) in [4.78, 5) is 54.5. The van der Waals surface area contributed by atoms with Gasteiger partial charge in [-0.2, -0.15) is 17.2 Å². The summed E-state index contributed by atoms with van der Waals surface area (Å²) >= 11 is 0. The van der Waals surface area contributed by atoms with Crippen LogP contribution in [0.25, 0.3) is 0 Å². The van der Waals surface area contributed by atoms with Crippen molar-refractivity contribution in [3.05, 3.63) is 57.7 Å². The third-order valence-electron chi connectivity index (χ3n) is 16.6. The predicted molar refractivity (Wildman–Crippen MR) is 188 cm³/mol. The van der Waals surface area contributed by atoms with Crippen LogP contribution in [0, 0.1) is 94.3 Å². The number of ether oxygens (including phenoxy) is 1. The van der Waals surface area contributed by atoms with Gasteiger partial charge in [0.15, 0.2) is 16.5 Å². The van der Waals surface area contributed by atoms with E-state index in [-0.39, 0.29) is 70.3 Å². The van der Waals surface area contributed by atoms with Gasteiger partial charge in [-0.3, -0.25) is 18.9 Å². The van der Waals surface area contributed by atoms with E-state index in [1.807, 2.05) is 12.1 Å². The Balaban J connectivity index is 1.13. The van der Waals surface area contributed by atoms with E-state index in [9.17, 15) is 32.1 Å². The topological polar surface area (TPSA) is 132 Å². The van der Waals surface area contributed by atoms with Crippen LogP contribution < -0.4 is 4.74 Å². The first-order chi connectivity index (χ1) is 26.7. The third-order valence-corrected chi connectivity index (χ3v) is 17.5. The van der Waals surface area contributed by atoms with Gasteiger partial charge in [0.25, 0.3) is 0 Å². The van der Waals surface area contributed by atoms with Crippen molar-refractivity contribution in [1.82, 2.24) is 0 Å². The van der Waals surface area contributed by atoms with Crippen molar-refractivity contribution in [3.8, 4) is 5.75 Å². The fraction of sp³-hybridized carbons (Fsp3) is 0.628. The van der Waals surface area contributed by atoms with Crippen LogP contribution >= 0.6 is 0 Å². The molecule has 12 aliphatic rings. The zero-order valence-electron chi connectivity index (χ0n) is 30.5. The molecule has 2 aromatic carbocycles. The highest BCUT2D eigenvalue weighted by Gasteiger charge is 2.59. The minimum absolute atomic E-state index is 0.00233. The Bertz CT molecular complexity index is 2190. The minimum atomic E-state index is -5.76. The van der Waals surface area contributed by atoms with Gasteiger partial charge in [-0.1, -0.05) is 12.1 Å². The van der Waals surface area contributed by atoms with Crippen LogP contribution in [0.3, 0.4) is 0 Å². The first-order valence-corrected chi connectivity index (χ1v) is 21.9. The van der Waals surface area contributed by atoms with E-state index in [4.69, 9.17) is 4.74 Å². The summed E-state index contributed by atoms with van der Waals surface area (Å²) in [5, 5.41) is 0. The molecule has 296 valence electrons. The molecule has 0 radical (unpaired) electrons. The Morgan fingerprint density at radius 3 is 1.38 bits per heavy atom. The summed E-state index contributed by atoms with van der Waals surface area (Å²) in [6.45, 7) is 0. The van der Waals surface area contributed by atoms with E-state index in [1.54, 1.807) is 0 Å². The summed E-state index contributed by atoms with van der Waals surface area (Å²) in [6.07, 6.45) is 9.18. The van der Waals surface area contributed by atoms with Crippen LogP contribution in [-0.4, -0.2) is 36.3 Å². The molecular formula is C43H42F4O8S. The lowest BCUT2D eigenvalue weighted by molar-refractivity contribution is -0.142. The van der Waals surface area contributed by atoms with Gasteiger partial charge in [0.2, 0.25) is 17.4 Å². The molecule has 2 aromatic rings. The van der Waals surface area contributed by atoms with Crippen molar-refractivity contribution < 1.29 is 54.4 Å². The van der Waals surface area contributed by atoms with Crippen LogP contribution in [0.5, 0.6) is 5.75 Å². The van der Waals surface area contributed by atoms with Crippen LogP contribution in [0.4, 0.5) is 17.6 Å². The molecule has 1 N–H and O–H groups in total. The fourth-order valence-electron chi connectivity index (χ4n) is 15.1. The van der Waals surface area contributed by atoms with Crippen molar-refractivity contribution in [2.45, 2.75) is 99.7 Å². The number of carbonyl (C=O) groups excluding carboxylic acids is 4. The number of esters is 1. The molecule has 0 amide bonds. The number of halogens is 4. The summed E-state index contributed by atoms with van der Waals surface area (Å²) in [5.74, 6) is -13.1. The molecule has 8 nitrogen and oxygen atoms in total. The van der Waals surface area contributed by atoms with Gasteiger partial charge >= 0.3 is 16.1 Å². The Labute approximate surface area is 321 Å². The zero-order valence-corrected chi connectivity index (χ0v) is 31.3. The van der Waals surface area contributed by atoms with Crippen LogP contribution in [0.1, 0.15) is 122 Å². The summed E-state index contributed by atoms with van der Waals surface area (Å²) in [7, 11) is -5.76.